The number of anilines is 1. The van der Waals surface area contributed by atoms with Gasteiger partial charge in [0.05, 0.1) is 0 Å². The Bertz CT molecular complexity index is 628. The highest BCUT2D eigenvalue weighted by molar-refractivity contribution is 14.0. The molecule has 5 nitrogen and oxygen atoms in total. The Balaban J connectivity index is 0.00000288. The van der Waals surface area contributed by atoms with Gasteiger partial charge in [0.15, 0.2) is 5.96 Å². The number of thiophene rings is 1. The number of guanidine groups is 1. The largest absolute Gasteiger partial charge is 0.363 e. The van der Waals surface area contributed by atoms with Crippen LogP contribution in [-0.2, 0) is 6.54 Å². The van der Waals surface area contributed by atoms with Gasteiger partial charge in [-0.2, -0.15) is 11.3 Å². The first-order chi connectivity index (χ1) is 11.1. The molecule has 1 atom stereocenters. The fourth-order valence-corrected chi connectivity index (χ4v) is 2.93. The van der Waals surface area contributed by atoms with Crippen molar-refractivity contribution in [3.05, 3.63) is 46.3 Å². The van der Waals surface area contributed by atoms with Crippen LogP contribution < -0.4 is 15.5 Å². The first-order valence-corrected chi connectivity index (χ1v) is 8.63. The lowest BCUT2D eigenvalue weighted by atomic mass is 10.1. The Morgan fingerprint density at radius 1 is 1.33 bits per heavy atom. The van der Waals surface area contributed by atoms with Crippen LogP contribution in [0.2, 0.25) is 0 Å². The van der Waals surface area contributed by atoms with E-state index in [0.29, 0.717) is 5.92 Å². The van der Waals surface area contributed by atoms with Crippen molar-refractivity contribution in [2.45, 2.75) is 19.4 Å². The van der Waals surface area contributed by atoms with Crippen molar-refractivity contribution in [3.8, 4) is 0 Å². The van der Waals surface area contributed by atoms with E-state index in [2.05, 4.69) is 50.4 Å². The first-order valence-electron chi connectivity index (χ1n) is 7.69. The maximum Gasteiger partial charge on any atom is 0.191 e. The predicted octanol–water partition coefficient (Wildman–Crippen LogP) is 3.30. The molecule has 0 aromatic carbocycles. The molecule has 2 aromatic rings. The van der Waals surface area contributed by atoms with E-state index in [4.69, 9.17) is 0 Å². The van der Waals surface area contributed by atoms with Gasteiger partial charge in [-0.15, -0.1) is 24.0 Å². The topological polar surface area (TPSA) is 52.6 Å². The van der Waals surface area contributed by atoms with E-state index in [-0.39, 0.29) is 24.0 Å². The van der Waals surface area contributed by atoms with Crippen LogP contribution in [0.15, 0.2) is 40.1 Å². The standard InChI is InChI=1S/C17H25N5S.HI/c1-13(15-6-8-23-12-15)10-20-17(18-2)21-11-14-5-7-19-16(9-14)22(3)4;/h5-9,12-13H,10-11H2,1-4H3,(H2,18,20,21);1H. The fraction of sp³-hybridized carbons (Fsp3) is 0.412. The highest BCUT2D eigenvalue weighted by atomic mass is 127. The Morgan fingerprint density at radius 2 is 2.12 bits per heavy atom. The van der Waals surface area contributed by atoms with Gasteiger partial charge in [0, 0.05) is 40.4 Å². The van der Waals surface area contributed by atoms with E-state index in [9.17, 15) is 0 Å². The molecule has 2 N–H and O–H groups in total. The molecule has 0 amide bonds. The average molecular weight is 459 g/mol. The summed E-state index contributed by atoms with van der Waals surface area (Å²) < 4.78 is 0. The van der Waals surface area contributed by atoms with Crippen molar-refractivity contribution in [2.24, 2.45) is 4.99 Å². The van der Waals surface area contributed by atoms with E-state index in [1.807, 2.05) is 31.3 Å². The summed E-state index contributed by atoms with van der Waals surface area (Å²) >= 11 is 1.74. The van der Waals surface area contributed by atoms with Gasteiger partial charge in [-0.1, -0.05) is 6.92 Å². The number of nitrogens with zero attached hydrogens (tertiary/aromatic N) is 3. The van der Waals surface area contributed by atoms with E-state index in [0.717, 1.165) is 24.9 Å². The Morgan fingerprint density at radius 3 is 2.75 bits per heavy atom. The lowest BCUT2D eigenvalue weighted by molar-refractivity contribution is 0.701. The molecule has 0 spiro atoms. The van der Waals surface area contributed by atoms with Gasteiger partial charge in [-0.25, -0.2) is 4.98 Å². The third-order valence-electron chi connectivity index (χ3n) is 3.64. The molecule has 1 unspecified atom stereocenters. The lowest BCUT2D eigenvalue weighted by Crippen LogP contribution is -2.38. The van der Waals surface area contributed by atoms with Crippen LogP contribution in [0.4, 0.5) is 5.82 Å². The molecule has 0 radical (unpaired) electrons. The van der Waals surface area contributed by atoms with Crippen molar-refractivity contribution in [1.82, 2.24) is 15.6 Å². The zero-order valence-electron chi connectivity index (χ0n) is 14.6. The van der Waals surface area contributed by atoms with Crippen molar-refractivity contribution in [2.75, 3.05) is 32.6 Å². The molecule has 2 heterocycles. The second-order valence-electron chi connectivity index (χ2n) is 5.68. The molecule has 132 valence electrons. The molecule has 24 heavy (non-hydrogen) atoms. The Kier molecular flexibility index (Phi) is 9.05. The number of rotatable bonds is 6. The maximum absolute atomic E-state index is 4.33. The van der Waals surface area contributed by atoms with Crippen LogP contribution in [-0.4, -0.2) is 38.6 Å². The third-order valence-corrected chi connectivity index (χ3v) is 4.34. The molecular formula is C17H26IN5S. The number of hydrogen-bond acceptors (Lipinski definition) is 4. The quantitative estimate of drug-likeness (QED) is 0.396. The summed E-state index contributed by atoms with van der Waals surface area (Å²) in [6, 6.07) is 6.27. The monoisotopic (exact) mass is 459 g/mol. The van der Waals surface area contributed by atoms with Gasteiger partial charge >= 0.3 is 0 Å². The maximum atomic E-state index is 4.33. The minimum Gasteiger partial charge on any atom is -0.363 e. The molecule has 0 aliphatic rings. The molecule has 0 saturated carbocycles. The Labute approximate surface area is 165 Å². The summed E-state index contributed by atoms with van der Waals surface area (Å²) in [5, 5.41) is 11.0. The summed E-state index contributed by atoms with van der Waals surface area (Å²) in [4.78, 5) is 10.6. The molecule has 2 aromatic heterocycles. The minimum absolute atomic E-state index is 0. The summed E-state index contributed by atoms with van der Waals surface area (Å²) in [6.45, 7) is 3.79. The van der Waals surface area contributed by atoms with Crippen molar-refractivity contribution < 1.29 is 0 Å². The minimum atomic E-state index is 0. The van der Waals surface area contributed by atoms with Crippen LogP contribution in [0, 0.1) is 0 Å². The van der Waals surface area contributed by atoms with Crippen molar-refractivity contribution in [3.63, 3.8) is 0 Å². The zero-order chi connectivity index (χ0) is 16.7. The molecule has 0 fully saturated rings. The van der Waals surface area contributed by atoms with Crippen molar-refractivity contribution in [1.29, 1.82) is 0 Å². The van der Waals surface area contributed by atoms with Gasteiger partial charge in [-0.05, 0) is 46.0 Å². The van der Waals surface area contributed by atoms with Gasteiger partial charge < -0.3 is 15.5 Å². The molecule has 0 bridgehead atoms. The second-order valence-corrected chi connectivity index (χ2v) is 6.46. The van der Waals surface area contributed by atoms with E-state index in [1.54, 1.807) is 18.4 Å². The average Bonchev–Trinajstić information content (AvgIpc) is 3.09. The van der Waals surface area contributed by atoms with Crippen LogP contribution in [0.25, 0.3) is 0 Å². The first kappa shape index (κ1) is 20.7. The number of hydrogen-bond donors (Lipinski definition) is 2. The number of aromatic nitrogens is 1. The number of halogens is 1. The van der Waals surface area contributed by atoms with Crippen LogP contribution in [0.1, 0.15) is 24.0 Å². The fourth-order valence-electron chi connectivity index (χ4n) is 2.14. The van der Waals surface area contributed by atoms with Crippen LogP contribution >= 0.6 is 35.3 Å². The van der Waals surface area contributed by atoms with Gasteiger partial charge in [0.25, 0.3) is 0 Å². The normalized spacial score (nSPS) is 12.2. The third kappa shape index (κ3) is 6.27. The lowest BCUT2D eigenvalue weighted by Gasteiger charge is -2.16. The Hall–Kier alpha value is -1.35. The molecular weight excluding hydrogens is 433 g/mol. The van der Waals surface area contributed by atoms with Gasteiger partial charge in [-0.3, -0.25) is 4.99 Å². The highest BCUT2D eigenvalue weighted by Gasteiger charge is 2.07. The van der Waals surface area contributed by atoms with Crippen LogP contribution in [0.3, 0.4) is 0 Å². The predicted molar refractivity (Wildman–Crippen MR) is 115 cm³/mol. The summed E-state index contributed by atoms with van der Waals surface area (Å²) in [5.41, 5.74) is 2.54. The van der Waals surface area contributed by atoms with Crippen molar-refractivity contribution >= 4 is 47.1 Å². The molecule has 7 heteroatoms. The van der Waals surface area contributed by atoms with E-state index in [1.165, 1.54) is 11.1 Å². The van der Waals surface area contributed by atoms with Gasteiger partial charge in [0.2, 0.25) is 0 Å². The van der Waals surface area contributed by atoms with Crippen LogP contribution in [0.5, 0.6) is 0 Å². The van der Waals surface area contributed by atoms with E-state index < -0.39 is 0 Å². The zero-order valence-corrected chi connectivity index (χ0v) is 17.8. The number of nitrogens with one attached hydrogen (secondary N) is 2. The number of pyridine rings is 1. The number of aliphatic imine (C=N–C) groups is 1. The second kappa shape index (κ2) is 10.5. The summed E-state index contributed by atoms with van der Waals surface area (Å²) in [6.07, 6.45) is 1.83. The van der Waals surface area contributed by atoms with E-state index >= 15 is 0 Å². The van der Waals surface area contributed by atoms with Gasteiger partial charge in [0.1, 0.15) is 5.82 Å². The highest BCUT2D eigenvalue weighted by Crippen LogP contribution is 2.17. The summed E-state index contributed by atoms with van der Waals surface area (Å²) in [5.74, 6) is 2.23. The molecule has 0 aliphatic carbocycles. The molecule has 2 rings (SSSR count). The smallest absolute Gasteiger partial charge is 0.191 e. The summed E-state index contributed by atoms with van der Waals surface area (Å²) in [7, 11) is 5.78. The molecule has 0 aliphatic heterocycles. The molecule has 0 saturated heterocycles. The SMILES string of the molecule is CN=C(NCc1ccnc(N(C)C)c1)NCC(C)c1ccsc1.I.